The molecule has 17 heteroatoms. The number of nitrogens with zero attached hydrogens (tertiary/aromatic N) is 8. The van der Waals surface area contributed by atoms with Crippen LogP contribution in [0.2, 0.25) is 0 Å². The Balaban J connectivity index is 0.000000193. The second-order valence-corrected chi connectivity index (χ2v) is 16.0. The third-order valence-corrected chi connectivity index (χ3v) is 11.3. The van der Waals surface area contributed by atoms with E-state index in [2.05, 4.69) is 71.9 Å². The van der Waals surface area contributed by atoms with Crippen LogP contribution in [-0.4, -0.2) is 87.7 Å². The van der Waals surface area contributed by atoms with Crippen molar-refractivity contribution >= 4 is 35.2 Å². The number of hydrogen-bond acceptors (Lipinski definition) is 12. The van der Waals surface area contributed by atoms with Gasteiger partial charge in [-0.15, -0.1) is 0 Å². The highest BCUT2D eigenvalue weighted by atomic mass is 19.4. The molecule has 4 fully saturated rings. The van der Waals surface area contributed by atoms with Gasteiger partial charge in [-0.25, -0.2) is 28.7 Å². The molecule has 4 aliphatic heterocycles. The van der Waals surface area contributed by atoms with Crippen molar-refractivity contribution in [2.45, 2.75) is 115 Å². The summed E-state index contributed by atoms with van der Waals surface area (Å²) in [5, 5.41) is 12.9. The molecule has 0 amide bonds. The number of anilines is 6. The Labute approximate surface area is 350 Å². The fourth-order valence-corrected chi connectivity index (χ4v) is 7.91. The Morgan fingerprint density at radius 2 is 1.27 bits per heavy atom. The van der Waals surface area contributed by atoms with Gasteiger partial charge in [0.05, 0.1) is 23.5 Å². The maximum Gasteiger partial charge on any atom is 0.416 e. The first-order valence-electron chi connectivity index (χ1n) is 21.4. The van der Waals surface area contributed by atoms with Gasteiger partial charge in [-0.3, -0.25) is 0 Å². The van der Waals surface area contributed by atoms with E-state index in [-0.39, 0.29) is 25.3 Å². The van der Waals surface area contributed by atoms with Crippen molar-refractivity contribution < 1.29 is 22.0 Å². The van der Waals surface area contributed by atoms with Crippen LogP contribution < -0.4 is 31.1 Å². The van der Waals surface area contributed by atoms with E-state index >= 15 is 0 Å². The normalized spacial score (nSPS) is 19.7. The molecule has 0 spiro atoms. The molecule has 0 saturated carbocycles. The molecule has 0 aliphatic carbocycles. The van der Waals surface area contributed by atoms with Crippen molar-refractivity contribution in [3.05, 3.63) is 71.3 Å². The number of hydrogen-bond donors (Lipinski definition) is 4. The number of nitrogens with one attached hydrogen (secondary N) is 4. The zero-order chi connectivity index (χ0) is 42.9. The van der Waals surface area contributed by atoms with Crippen LogP contribution in [-0.2, 0) is 6.18 Å². The van der Waals surface area contributed by atoms with Gasteiger partial charge < -0.3 is 31.1 Å². The zero-order valence-corrected chi connectivity index (χ0v) is 35.3. The summed E-state index contributed by atoms with van der Waals surface area (Å²) in [4.78, 5) is 30.9. The summed E-state index contributed by atoms with van der Waals surface area (Å²) in [6.07, 6.45) is 4.44. The second kappa shape index (κ2) is 20.2. The number of aromatic nitrogens is 6. The Morgan fingerprint density at radius 3 is 1.78 bits per heavy atom. The van der Waals surface area contributed by atoms with Crippen LogP contribution >= 0.6 is 0 Å². The molecular formula is C43H59F5N12. The molecule has 0 unspecified atom stereocenters. The van der Waals surface area contributed by atoms with Gasteiger partial charge in [0, 0.05) is 61.9 Å². The van der Waals surface area contributed by atoms with E-state index in [4.69, 9.17) is 4.98 Å². The van der Waals surface area contributed by atoms with E-state index in [0.717, 1.165) is 101 Å². The van der Waals surface area contributed by atoms with E-state index in [0.29, 0.717) is 53.1 Å². The van der Waals surface area contributed by atoms with Crippen molar-refractivity contribution in [2.75, 3.05) is 66.2 Å². The maximum absolute atomic E-state index is 13.8. The van der Waals surface area contributed by atoms with Crippen LogP contribution in [0.25, 0.3) is 0 Å². The lowest BCUT2D eigenvalue weighted by molar-refractivity contribution is -0.137. The van der Waals surface area contributed by atoms with E-state index in [9.17, 15) is 22.0 Å². The highest BCUT2D eigenvalue weighted by Crippen LogP contribution is 2.35. The molecule has 326 valence electrons. The minimum absolute atomic E-state index is 0.121. The van der Waals surface area contributed by atoms with Crippen LogP contribution in [0.1, 0.15) is 120 Å². The molecule has 8 rings (SSSR count). The number of alkyl halides is 5. The average molecular weight is 839 g/mol. The molecule has 4 N–H and O–H groups in total. The minimum Gasteiger partial charge on any atom is -0.338 e. The van der Waals surface area contributed by atoms with Gasteiger partial charge in [0.25, 0.3) is 5.92 Å². The van der Waals surface area contributed by atoms with Gasteiger partial charge in [0.2, 0.25) is 11.9 Å². The van der Waals surface area contributed by atoms with Crippen molar-refractivity contribution in [3.8, 4) is 0 Å². The Morgan fingerprint density at radius 1 is 0.717 bits per heavy atom. The first-order valence-corrected chi connectivity index (χ1v) is 21.4. The number of halogens is 5. The van der Waals surface area contributed by atoms with Crippen LogP contribution in [0.4, 0.5) is 57.1 Å². The average Bonchev–Trinajstić information content (AvgIpc) is 3.86. The molecule has 0 radical (unpaired) electrons. The van der Waals surface area contributed by atoms with Crippen molar-refractivity contribution in [1.82, 2.24) is 40.5 Å². The fraction of sp³-hybridized carbons (Fsp3) is 0.581. The smallest absolute Gasteiger partial charge is 0.338 e. The Kier molecular flexibility index (Phi) is 15.1. The number of piperidine rings is 2. The molecule has 8 heterocycles. The quantitative estimate of drug-likeness (QED) is 0.120. The first kappa shape index (κ1) is 44.8. The van der Waals surface area contributed by atoms with Crippen molar-refractivity contribution in [2.24, 2.45) is 0 Å². The van der Waals surface area contributed by atoms with Crippen molar-refractivity contribution in [3.63, 3.8) is 0 Å². The summed E-state index contributed by atoms with van der Waals surface area (Å²) in [6.45, 7) is 15.0. The third-order valence-electron chi connectivity index (χ3n) is 11.3. The van der Waals surface area contributed by atoms with E-state index < -0.39 is 17.7 Å². The summed E-state index contributed by atoms with van der Waals surface area (Å²) >= 11 is 0. The molecule has 4 saturated heterocycles. The van der Waals surface area contributed by atoms with E-state index in [1.54, 1.807) is 11.1 Å². The SMILES string of the molecule is CC.CC(C)c1ccnc(Nc2cc(C3CCNCC3)nc(N3CCC(F)(F)C3)n2)c1.C[C@@H]1CCCN1c1nc(Nc2cc(C(F)(F)F)ccn2)cc(C2CCNCC2)n1. The van der Waals surface area contributed by atoms with Gasteiger partial charge in [-0.1, -0.05) is 27.7 Å². The monoisotopic (exact) mass is 838 g/mol. The van der Waals surface area contributed by atoms with Gasteiger partial charge >= 0.3 is 6.18 Å². The van der Waals surface area contributed by atoms with E-state index in [1.165, 1.54) is 5.56 Å². The summed E-state index contributed by atoms with van der Waals surface area (Å²) in [7, 11) is 0. The molecule has 0 bridgehead atoms. The summed E-state index contributed by atoms with van der Waals surface area (Å²) in [5.74, 6) is 1.23. The summed E-state index contributed by atoms with van der Waals surface area (Å²) < 4.78 is 66.6. The predicted octanol–water partition coefficient (Wildman–Crippen LogP) is 9.17. The number of rotatable bonds is 9. The highest BCUT2D eigenvalue weighted by molar-refractivity contribution is 5.57. The van der Waals surface area contributed by atoms with Crippen LogP contribution in [0, 0.1) is 0 Å². The van der Waals surface area contributed by atoms with Gasteiger partial charge in [0.1, 0.15) is 23.3 Å². The lowest BCUT2D eigenvalue weighted by Gasteiger charge is -2.26. The van der Waals surface area contributed by atoms with Gasteiger partial charge in [0.15, 0.2) is 0 Å². The highest BCUT2D eigenvalue weighted by Gasteiger charge is 2.40. The molecule has 60 heavy (non-hydrogen) atoms. The maximum atomic E-state index is 13.8. The van der Waals surface area contributed by atoms with Crippen molar-refractivity contribution in [1.29, 1.82) is 0 Å². The van der Waals surface area contributed by atoms with Crippen LogP contribution in [0.5, 0.6) is 0 Å². The standard InChI is InChI=1S/C21H28F2N6.C20H25F3N6.C2H6/c1-14(2)16-5-9-25-18(11-16)27-19-12-17(15-3-7-24-8-4-15)26-20(28-19)29-10-6-21(22,23)13-29;1-13-3-2-10-29(13)19-26-16(14-4-7-24-8-5-14)12-18(28-19)27-17-11-15(6-9-25-17)20(21,22)23;1-2/h5,9,11-12,14-15,24H,3-4,6-8,10,13H2,1-2H3,(H,25,26,27,28);6,9,11-14,24H,2-5,7-8,10H2,1H3,(H,25,26,27,28);1-2H3/t;13-;/m.1./s1. The topological polar surface area (TPSA) is 132 Å². The second-order valence-electron chi connectivity index (χ2n) is 16.0. The van der Waals surface area contributed by atoms with Gasteiger partial charge in [-0.05, 0) is 107 Å². The van der Waals surface area contributed by atoms with Crippen LogP contribution in [0.3, 0.4) is 0 Å². The molecule has 1 atom stereocenters. The molecule has 0 aromatic carbocycles. The zero-order valence-electron chi connectivity index (χ0n) is 35.3. The molecule has 4 aromatic rings. The summed E-state index contributed by atoms with van der Waals surface area (Å²) in [6, 6.07) is 10.1. The lowest BCUT2D eigenvalue weighted by Crippen LogP contribution is -2.30. The predicted molar refractivity (Wildman–Crippen MR) is 227 cm³/mol. The molecule has 12 nitrogen and oxygen atoms in total. The number of pyridine rings is 2. The first-order chi connectivity index (χ1) is 28.8. The van der Waals surface area contributed by atoms with E-state index in [1.807, 2.05) is 38.1 Å². The largest absolute Gasteiger partial charge is 0.416 e. The molecule has 4 aliphatic rings. The fourth-order valence-electron chi connectivity index (χ4n) is 7.91. The molecular weight excluding hydrogens is 780 g/mol. The van der Waals surface area contributed by atoms with Crippen LogP contribution in [0.15, 0.2) is 48.8 Å². The Bertz CT molecular complexity index is 1980. The minimum atomic E-state index is -4.42. The third kappa shape index (κ3) is 12.0. The lowest BCUT2D eigenvalue weighted by atomic mass is 9.94. The van der Waals surface area contributed by atoms with Gasteiger partial charge in [-0.2, -0.15) is 23.1 Å². The summed E-state index contributed by atoms with van der Waals surface area (Å²) in [5.41, 5.74) is 2.28. The Hall–Kier alpha value is -4.77. The molecule has 4 aromatic heterocycles.